The molecule has 200 valence electrons. The lowest BCUT2D eigenvalue weighted by Gasteiger charge is -2.24. The van der Waals surface area contributed by atoms with Crippen molar-refractivity contribution >= 4 is 17.7 Å². The second-order valence-corrected chi connectivity index (χ2v) is 10.1. The number of hydrogen-bond donors (Lipinski definition) is 0. The molecule has 1 heterocycles. The molecule has 3 rings (SSSR count). The first-order chi connectivity index (χ1) is 18.0. The molecule has 1 aliphatic heterocycles. The van der Waals surface area contributed by atoms with Gasteiger partial charge in [0.1, 0.15) is 11.5 Å². The highest BCUT2D eigenvalue weighted by Crippen LogP contribution is 2.34. The largest absolute Gasteiger partial charge is 0.493 e. The van der Waals surface area contributed by atoms with Crippen LogP contribution in [0.15, 0.2) is 46.2 Å². The molecule has 1 saturated heterocycles. The SMILES string of the molecule is CCOC(=O)COc1ccc(Sc2cc(C#CCN3CCOCC3)cc(OCC(CC)CC)c2)cc1C. The van der Waals surface area contributed by atoms with Gasteiger partial charge in [0.2, 0.25) is 0 Å². The zero-order valence-corrected chi connectivity index (χ0v) is 23.3. The van der Waals surface area contributed by atoms with Gasteiger partial charge in [0, 0.05) is 28.4 Å². The second-order valence-electron chi connectivity index (χ2n) is 9.00. The first kappa shape index (κ1) is 28.9. The average molecular weight is 526 g/mol. The maximum Gasteiger partial charge on any atom is 0.344 e. The summed E-state index contributed by atoms with van der Waals surface area (Å²) in [6.07, 6.45) is 2.20. The van der Waals surface area contributed by atoms with Crippen LogP contribution in [0.1, 0.15) is 44.7 Å². The van der Waals surface area contributed by atoms with E-state index in [2.05, 4.69) is 48.8 Å². The summed E-state index contributed by atoms with van der Waals surface area (Å²) in [6.45, 7) is 13.2. The van der Waals surface area contributed by atoms with Gasteiger partial charge < -0.3 is 18.9 Å². The van der Waals surface area contributed by atoms with Crippen LogP contribution in [-0.4, -0.2) is 63.5 Å². The quantitative estimate of drug-likeness (QED) is 0.265. The molecular formula is C30H39NO5S. The van der Waals surface area contributed by atoms with Crippen molar-refractivity contribution in [1.29, 1.82) is 0 Å². The number of hydrogen-bond acceptors (Lipinski definition) is 7. The van der Waals surface area contributed by atoms with Gasteiger partial charge in [-0.1, -0.05) is 50.3 Å². The standard InChI is InChI=1S/C30H39NO5S/c1-5-24(6-2)21-35-26-18-25(9-8-12-31-13-15-33-16-14-31)19-28(20-26)37-27-10-11-29(23(4)17-27)36-22-30(32)34-7-3/h10-11,17-20,24H,5-7,12-16,21-22H2,1-4H3. The van der Waals surface area contributed by atoms with Gasteiger partial charge in [-0.3, -0.25) is 4.90 Å². The number of morpholine rings is 1. The van der Waals surface area contributed by atoms with Crippen LogP contribution >= 0.6 is 11.8 Å². The molecule has 1 aliphatic rings. The zero-order valence-electron chi connectivity index (χ0n) is 22.5. The predicted octanol–water partition coefficient (Wildman–Crippen LogP) is 5.59. The zero-order chi connectivity index (χ0) is 26.5. The summed E-state index contributed by atoms with van der Waals surface area (Å²) >= 11 is 1.66. The third kappa shape index (κ3) is 9.96. The van der Waals surface area contributed by atoms with Crippen molar-refractivity contribution in [2.24, 2.45) is 5.92 Å². The van der Waals surface area contributed by atoms with E-state index in [1.54, 1.807) is 18.7 Å². The van der Waals surface area contributed by atoms with Crippen LogP contribution in [0.5, 0.6) is 11.5 Å². The molecular weight excluding hydrogens is 486 g/mol. The molecule has 7 heteroatoms. The lowest BCUT2D eigenvalue weighted by Crippen LogP contribution is -2.36. The molecule has 1 fully saturated rings. The molecule has 0 spiro atoms. The van der Waals surface area contributed by atoms with Crippen LogP contribution in [0.25, 0.3) is 0 Å². The highest BCUT2D eigenvalue weighted by molar-refractivity contribution is 7.99. The molecule has 0 unspecified atom stereocenters. The van der Waals surface area contributed by atoms with Crippen LogP contribution in [0.3, 0.4) is 0 Å². The van der Waals surface area contributed by atoms with E-state index in [0.29, 0.717) is 24.9 Å². The number of benzene rings is 2. The van der Waals surface area contributed by atoms with Gasteiger partial charge in [0.15, 0.2) is 6.61 Å². The van der Waals surface area contributed by atoms with Crippen LogP contribution in [0.4, 0.5) is 0 Å². The van der Waals surface area contributed by atoms with Crippen LogP contribution in [0, 0.1) is 24.7 Å². The maximum atomic E-state index is 11.6. The fraction of sp³-hybridized carbons (Fsp3) is 0.500. The Morgan fingerprint density at radius 1 is 1.05 bits per heavy atom. The van der Waals surface area contributed by atoms with Crippen LogP contribution < -0.4 is 9.47 Å². The van der Waals surface area contributed by atoms with Gasteiger partial charge in [0.05, 0.1) is 33.0 Å². The van der Waals surface area contributed by atoms with E-state index in [1.807, 2.05) is 25.1 Å². The summed E-state index contributed by atoms with van der Waals surface area (Å²) in [5.41, 5.74) is 1.91. The van der Waals surface area contributed by atoms with Crippen molar-refractivity contribution in [3.8, 4) is 23.3 Å². The molecule has 37 heavy (non-hydrogen) atoms. The van der Waals surface area contributed by atoms with Crippen molar-refractivity contribution in [1.82, 2.24) is 4.90 Å². The molecule has 2 aromatic rings. The first-order valence-corrected chi connectivity index (χ1v) is 14.0. The van der Waals surface area contributed by atoms with Crippen molar-refractivity contribution in [3.63, 3.8) is 0 Å². The molecule has 0 saturated carbocycles. The van der Waals surface area contributed by atoms with Crippen molar-refractivity contribution in [3.05, 3.63) is 47.5 Å². The van der Waals surface area contributed by atoms with Crippen LogP contribution in [0.2, 0.25) is 0 Å². The van der Waals surface area contributed by atoms with E-state index in [-0.39, 0.29) is 12.6 Å². The molecule has 2 aromatic carbocycles. The Morgan fingerprint density at radius 3 is 2.54 bits per heavy atom. The summed E-state index contributed by atoms with van der Waals surface area (Å²) < 4.78 is 22.2. The minimum absolute atomic E-state index is 0.0937. The fourth-order valence-corrected chi connectivity index (χ4v) is 4.86. The molecule has 0 bridgehead atoms. The van der Waals surface area contributed by atoms with Gasteiger partial charge in [-0.15, -0.1) is 0 Å². The van der Waals surface area contributed by atoms with Gasteiger partial charge >= 0.3 is 5.97 Å². The molecule has 0 N–H and O–H groups in total. The molecule has 0 aliphatic carbocycles. The lowest BCUT2D eigenvalue weighted by atomic mass is 10.1. The Morgan fingerprint density at radius 2 is 1.84 bits per heavy atom. The highest BCUT2D eigenvalue weighted by Gasteiger charge is 2.11. The molecule has 0 radical (unpaired) electrons. The van der Waals surface area contributed by atoms with Gasteiger partial charge in [0.25, 0.3) is 0 Å². The van der Waals surface area contributed by atoms with Crippen molar-refractivity contribution in [2.45, 2.75) is 50.3 Å². The average Bonchev–Trinajstić information content (AvgIpc) is 2.89. The van der Waals surface area contributed by atoms with Crippen LogP contribution in [-0.2, 0) is 14.3 Å². The number of carbonyl (C=O) groups excluding carboxylic acids is 1. The molecule has 0 aromatic heterocycles. The number of aryl methyl sites for hydroxylation is 1. The van der Waals surface area contributed by atoms with E-state index >= 15 is 0 Å². The number of rotatable bonds is 12. The van der Waals surface area contributed by atoms with Gasteiger partial charge in [-0.25, -0.2) is 4.79 Å². The van der Waals surface area contributed by atoms with E-state index in [1.165, 1.54) is 0 Å². The summed E-state index contributed by atoms with van der Waals surface area (Å²) in [5.74, 6) is 8.36. The summed E-state index contributed by atoms with van der Waals surface area (Å²) in [5, 5.41) is 0. The Kier molecular flexibility index (Phi) is 12.2. The van der Waals surface area contributed by atoms with Crippen molar-refractivity contribution in [2.75, 3.05) is 52.7 Å². The predicted molar refractivity (Wildman–Crippen MR) is 148 cm³/mol. The molecule has 6 nitrogen and oxygen atoms in total. The molecule has 0 atom stereocenters. The minimum atomic E-state index is -0.368. The second kappa shape index (κ2) is 15.6. The maximum absolute atomic E-state index is 11.6. The summed E-state index contributed by atoms with van der Waals surface area (Å²) in [6, 6.07) is 12.2. The van der Waals surface area contributed by atoms with Crippen molar-refractivity contribution < 1.29 is 23.7 Å². The Labute approximate surface area is 226 Å². The third-order valence-electron chi connectivity index (χ3n) is 6.19. The monoisotopic (exact) mass is 525 g/mol. The fourth-order valence-electron chi connectivity index (χ4n) is 3.86. The van der Waals surface area contributed by atoms with E-state index in [4.69, 9.17) is 18.9 Å². The highest BCUT2D eigenvalue weighted by atomic mass is 32.2. The van der Waals surface area contributed by atoms with Gasteiger partial charge in [-0.05, 0) is 61.7 Å². The number of nitrogens with zero attached hydrogens (tertiary/aromatic N) is 1. The minimum Gasteiger partial charge on any atom is -0.493 e. The number of esters is 1. The smallest absolute Gasteiger partial charge is 0.344 e. The lowest BCUT2D eigenvalue weighted by molar-refractivity contribution is -0.145. The summed E-state index contributed by atoms with van der Waals surface area (Å²) in [7, 11) is 0. The Balaban J connectivity index is 1.73. The van der Waals surface area contributed by atoms with E-state index < -0.39 is 0 Å². The topological polar surface area (TPSA) is 57.2 Å². The number of ether oxygens (including phenoxy) is 4. The molecule has 0 amide bonds. The first-order valence-electron chi connectivity index (χ1n) is 13.1. The number of carbonyl (C=O) groups is 1. The Hall–Kier alpha value is -2.66. The Bertz CT molecular complexity index is 1070. The third-order valence-corrected chi connectivity index (χ3v) is 7.15. The van der Waals surface area contributed by atoms with E-state index in [9.17, 15) is 4.79 Å². The normalized spacial score (nSPS) is 13.6. The summed E-state index contributed by atoms with van der Waals surface area (Å²) in [4.78, 5) is 16.1. The van der Waals surface area contributed by atoms with E-state index in [0.717, 1.165) is 72.4 Å². The van der Waals surface area contributed by atoms with Gasteiger partial charge in [-0.2, -0.15) is 0 Å².